The molecule has 5 atom stereocenters. The summed E-state index contributed by atoms with van der Waals surface area (Å²) in [5, 5.41) is 50.5. The van der Waals surface area contributed by atoms with Crippen LogP contribution in [0.3, 0.4) is 0 Å². The molecule has 1 aliphatic rings. The quantitative estimate of drug-likeness (QED) is 0.363. The van der Waals surface area contributed by atoms with Crippen LogP contribution in [-0.4, -0.2) is 51.7 Å². The number of hydrogen-bond donors (Lipinski definition) is 6. The Balaban J connectivity index is 2.12. The Morgan fingerprint density at radius 3 is 2.65 bits per heavy atom. The molecule has 0 radical (unpaired) electrons. The molecule has 0 spiro atoms. The zero-order valence-corrected chi connectivity index (χ0v) is 10.9. The Bertz CT molecular complexity index is 469. The van der Waals surface area contributed by atoms with Crippen molar-refractivity contribution in [3.63, 3.8) is 0 Å². The van der Waals surface area contributed by atoms with Gasteiger partial charge in [-0.15, -0.1) is 0 Å². The highest BCUT2D eigenvalue weighted by Crippen LogP contribution is 2.21. The average Bonchev–Trinajstić information content (AvgIpc) is 2.41. The standard InChI is InChI=1S/C12H18N2O6/c1-6-2-3-7(4-8(6)14(18)19)13-12-11(17)10(16)9(15)5-20-12/h2-4,9-18H,5H2,1H3/t9-,10-,11-,12+/m1/s1. The van der Waals surface area contributed by atoms with Gasteiger partial charge in [0.15, 0.2) is 11.9 Å². The molecule has 1 fully saturated rings. The molecule has 1 saturated heterocycles. The number of rotatable bonds is 3. The lowest BCUT2D eigenvalue weighted by Crippen LogP contribution is -2.99. The summed E-state index contributed by atoms with van der Waals surface area (Å²) in [4.78, 5) is 0. The number of aliphatic hydroxyl groups excluding tert-OH is 3. The summed E-state index contributed by atoms with van der Waals surface area (Å²) in [5.41, 5.74) is 1.20. The van der Waals surface area contributed by atoms with Gasteiger partial charge in [-0.2, -0.15) is 5.23 Å². The van der Waals surface area contributed by atoms with E-state index in [1.807, 2.05) is 0 Å². The molecule has 0 bridgehead atoms. The van der Waals surface area contributed by atoms with Crippen molar-refractivity contribution in [3.05, 3.63) is 29.0 Å². The summed E-state index contributed by atoms with van der Waals surface area (Å²) >= 11 is 0. The fourth-order valence-electron chi connectivity index (χ4n) is 2.04. The second kappa shape index (κ2) is 6.02. The van der Waals surface area contributed by atoms with Gasteiger partial charge in [0.05, 0.1) is 6.61 Å². The van der Waals surface area contributed by atoms with E-state index in [-0.39, 0.29) is 12.3 Å². The number of ether oxygens (including phenoxy) is 1. The van der Waals surface area contributed by atoms with E-state index in [0.29, 0.717) is 11.3 Å². The van der Waals surface area contributed by atoms with Crippen LogP contribution < -0.4 is 10.5 Å². The maximum atomic E-state index is 11.0. The normalized spacial score (nSPS) is 31.9. The molecule has 0 aliphatic carbocycles. The molecule has 0 aromatic heterocycles. The van der Waals surface area contributed by atoms with Crippen LogP contribution in [0.25, 0.3) is 0 Å². The molecular formula is C12H18N2O6. The number of anilines is 1. The van der Waals surface area contributed by atoms with Gasteiger partial charge in [0.25, 0.3) is 0 Å². The van der Waals surface area contributed by atoms with Crippen LogP contribution in [0.4, 0.5) is 11.4 Å². The molecule has 6 N–H and O–H groups in total. The Morgan fingerprint density at radius 1 is 1.30 bits per heavy atom. The highest BCUT2D eigenvalue weighted by atomic mass is 16.8. The van der Waals surface area contributed by atoms with Crippen LogP contribution in [0.15, 0.2) is 18.2 Å². The van der Waals surface area contributed by atoms with E-state index in [9.17, 15) is 20.5 Å². The first-order valence-electron chi connectivity index (χ1n) is 6.16. The minimum Gasteiger partial charge on any atom is -0.595 e. The maximum Gasteiger partial charge on any atom is 0.168 e. The summed E-state index contributed by atoms with van der Waals surface area (Å²) in [5.74, 6) is 0. The molecule has 8 heteroatoms. The van der Waals surface area contributed by atoms with Crippen molar-refractivity contribution in [3.8, 4) is 0 Å². The molecule has 0 saturated carbocycles. The van der Waals surface area contributed by atoms with Gasteiger partial charge in [-0.25, -0.2) is 5.21 Å². The lowest BCUT2D eigenvalue weighted by Gasteiger charge is -2.36. The fraction of sp³-hybridized carbons (Fsp3) is 0.500. The highest BCUT2D eigenvalue weighted by molar-refractivity contribution is 5.55. The van der Waals surface area contributed by atoms with Gasteiger partial charge in [0.1, 0.15) is 18.3 Å². The third-order valence-corrected chi connectivity index (χ3v) is 3.28. The van der Waals surface area contributed by atoms with E-state index < -0.39 is 29.8 Å². The smallest absolute Gasteiger partial charge is 0.168 e. The second-order valence-corrected chi connectivity index (χ2v) is 4.78. The van der Waals surface area contributed by atoms with Gasteiger partial charge in [0, 0.05) is 17.3 Å². The fourth-order valence-corrected chi connectivity index (χ4v) is 2.04. The first-order valence-corrected chi connectivity index (χ1v) is 6.16. The Morgan fingerprint density at radius 2 is 2.00 bits per heavy atom. The van der Waals surface area contributed by atoms with Gasteiger partial charge < -0.3 is 30.6 Å². The van der Waals surface area contributed by atoms with E-state index in [2.05, 4.69) is 5.32 Å². The Kier molecular flexibility index (Phi) is 4.55. The number of quaternary nitrogens is 1. The minimum atomic E-state index is -1.31. The third kappa shape index (κ3) is 3.07. The summed E-state index contributed by atoms with van der Waals surface area (Å²) < 4.78 is 5.19. The molecule has 1 aromatic carbocycles. The van der Waals surface area contributed by atoms with Crippen LogP contribution in [0.2, 0.25) is 0 Å². The second-order valence-electron chi connectivity index (χ2n) is 4.78. The van der Waals surface area contributed by atoms with Crippen molar-refractivity contribution < 1.29 is 30.5 Å². The summed E-state index contributed by atoms with van der Waals surface area (Å²) in [7, 11) is 0. The monoisotopic (exact) mass is 286 g/mol. The topological polar surface area (TPSA) is 130 Å². The van der Waals surface area contributed by atoms with E-state index >= 15 is 0 Å². The van der Waals surface area contributed by atoms with E-state index in [0.717, 1.165) is 0 Å². The zero-order valence-electron chi connectivity index (χ0n) is 10.9. The molecule has 1 aromatic rings. The molecule has 0 amide bonds. The van der Waals surface area contributed by atoms with E-state index in [4.69, 9.17) is 9.94 Å². The first kappa shape index (κ1) is 15.1. The molecule has 20 heavy (non-hydrogen) atoms. The van der Waals surface area contributed by atoms with Crippen molar-refractivity contribution in [2.75, 3.05) is 11.9 Å². The molecule has 8 nitrogen and oxygen atoms in total. The largest absolute Gasteiger partial charge is 0.595 e. The number of nitrogens with one attached hydrogen (secondary N) is 2. The zero-order chi connectivity index (χ0) is 14.9. The van der Waals surface area contributed by atoms with Crippen molar-refractivity contribution in [1.29, 1.82) is 0 Å². The third-order valence-electron chi connectivity index (χ3n) is 3.28. The van der Waals surface area contributed by atoms with Gasteiger partial charge in [-0.05, 0) is 13.0 Å². The summed E-state index contributed by atoms with van der Waals surface area (Å²) in [6, 6.07) is 4.70. The Hall–Kier alpha value is -1.26. The predicted molar refractivity (Wildman–Crippen MR) is 68.3 cm³/mol. The SMILES string of the molecule is Cc1ccc(N[C@H]2OC[C@@H](O)[C@@H](O)[C@H]2O)cc1[NH+]([O-])O. The molecule has 112 valence electrons. The molecule has 1 aliphatic heterocycles. The van der Waals surface area contributed by atoms with Gasteiger partial charge in [0.2, 0.25) is 0 Å². The average molecular weight is 286 g/mol. The van der Waals surface area contributed by atoms with Crippen molar-refractivity contribution in [2.24, 2.45) is 0 Å². The Labute approximate surface area is 115 Å². The van der Waals surface area contributed by atoms with Crippen molar-refractivity contribution >= 4 is 11.4 Å². The van der Waals surface area contributed by atoms with Crippen LogP contribution in [0, 0.1) is 12.1 Å². The summed E-state index contributed by atoms with van der Waals surface area (Å²) in [6.45, 7) is 1.56. The summed E-state index contributed by atoms with van der Waals surface area (Å²) in [6.07, 6.45) is -4.69. The maximum absolute atomic E-state index is 11.0. The lowest BCUT2D eigenvalue weighted by atomic mass is 10.0. The molecular weight excluding hydrogens is 268 g/mol. The van der Waals surface area contributed by atoms with Crippen LogP contribution in [-0.2, 0) is 4.74 Å². The van der Waals surface area contributed by atoms with Gasteiger partial charge in [-0.1, -0.05) is 6.07 Å². The number of aryl methyl sites for hydroxylation is 1. The van der Waals surface area contributed by atoms with E-state index in [1.165, 1.54) is 6.07 Å². The van der Waals surface area contributed by atoms with Crippen molar-refractivity contribution in [2.45, 2.75) is 31.5 Å². The number of benzene rings is 1. The predicted octanol–water partition coefficient (Wildman–Crippen LogP) is -1.75. The van der Waals surface area contributed by atoms with Gasteiger partial charge in [-0.3, -0.25) is 0 Å². The lowest BCUT2D eigenvalue weighted by molar-refractivity contribution is -0.991. The number of aliphatic hydroxyl groups is 3. The van der Waals surface area contributed by atoms with Crippen LogP contribution >= 0.6 is 0 Å². The highest BCUT2D eigenvalue weighted by Gasteiger charge is 2.37. The van der Waals surface area contributed by atoms with Gasteiger partial charge >= 0.3 is 0 Å². The molecule has 1 unspecified atom stereocenters. The van der Waals surface area contributed by atoms with Crippen LogP contribution in [0.5, 0.6) is 0 Å². The first-order chi connectivity index (χ1) is 9.40. The number of hydrogen-bond acceptors (Lipinski definition) is 7. The molecule has 1 heterocycles. The molecule has 2 rings (SSSR count). The van der Waals surface area contributed by atoms with Crippen LogP contribution in [0.1, 0.15) is 5.56 Å². The van der Waals surface area contributed by atoms with Crippen molar-refractivity contribution in [1.82, 2.24) is 0 Å². The van der Waals surface area contributed by atoms with E-state index in [1.54, 1.807) is 19.1 Å². The minimum absolute atomic E-state index is 0.118.